The number of hydrogen-bond acceptors (Lipinski definition) is 1. The molecule has 0 bridgehead atoms. The van der Waals surface area contributed by atoms with Gasteiger partial charge in [0.2, 0.25) is 0 Å². The van der Waals surface area contributed by atoms with Gasteiger partial charge in [-0.3, -0.25) is 0 Å². The second-order valence-electron chi connectivity index (χ2n) is 10.6. The molecule has 0 heterocycles. The van der Waals surface area contributed by atoms with Gasteiger partial charge in [0.1, 0.15) is 0 Å². The van der Waals surface area contributed by atoms with E-state index in [-0.39, 0.29) is 6.10 Å². The van der Waals surface area contributed by atoms with Gasteiger partial charge in [0.15, 0.2) is 0 Å². The molecule has 2 heteroatoms. The molecule has 0 radical (unpaired) electrons. The Hall–Kier alpha value is 0.499. The van der Waals surface area contributed by atoms with Gasteiger partial charge in [-0.15, -0.1) is 0 Å². The van der Waals surface area contributed by atoms with Crippen molar-refractivity contribution in [3.8, 4) is 0 Å². The summed E-state index contributed by atoms with van der Waals surface area (Å²) >= 11 is -2.16. The van der Waals surface area contributed by atoms with Gasteiger partial charge in [-0.05, 0) is 0 Å². The Morgan fingerprint density at radius 2 is 1.54 bits per heavy atom. The van der Waals surface area contributed by atoms with Crippen LogP contribution in [0.3, 0.4) is 0 Å². The molecular weight excluding hydrogens is 447 g/mol. The summed E-state index contributed by atoms with van der Waals surface area (Å²) in [6.45, 7) is 12.1. The van der Waals surface area contributed by atoms with Crippen molar-refractivity contribution in [3.63, 3.8) is 0 Å². The Morgan fingerprint density at radius 3 is 2.07 bits per heavy atom. The summed E-state index contributed by atoms with van der Waals surface area (Å²) in [5.74, 6) is 2.05. The number of fused-ring (bicyclic) bond motifs is 1. The fourth-order valence-corrected chi connectivity index (χ4v) is 21.4. The minimum absolute atomic E-state index is 0.0307. The van der Waals surface area contributed by atoms with E-state index >= 15 is 0 Å². The number of aliphatic hydroxyl groups excluding tert-OH is 1. The predicted molar refractivity (Wildman–Crippen MR) is 127 cm³/mol. The second-order valence-corrected chi connectivity index (χ2v) is 23.7. The quantitative estimate of drug-likeness (QED) is 0.270. The van der Waals surface area contributed by atoms with Gasteiger partial charge in [0.25, 0.3) is 0 Å². The van der Waals surface area contributed by atoms with Crippen LogP contribution in [0.2, 0.25) is 13.3 Å². The first-order valence-corrected chi connectivity index (χ1v) is 20.5. The molecule has 1 N–H and O–H groups in total. The van der Waals surface area contributed by atoms with Gasteiger partial charge in [-0.25, -0.2) is 0 Å². The van der Waals surface area contributed by atoms with Crippen LogP contribution < -0.4 is 0 Å². The summed E-state index contributed by atoms with van der Waals surface area (Å²) in [4.78, 5) is 0. The van der Waals surface area contributed by atoms with Crippen molar-refractivity contribution in [2.24, 2.45) is 23.2 Å². The van der Waals surface area contributed by atoms with E-state index in [2.05, 4.69) is 44.8 Å². The SMILES string of the molecule is CCC[CH2][Sn](/[CH]=C/[C@H](C)[C@H]1CC[C@H]2[C@@H](O)CCC[C@]12C)([CH2]CCC)[CH2]CCC. The Morgan fingerprint density at radius 1 is 0.964 bits per heavy atom. The Labute approximate surface area is 181 Å². The van der Waals surface area contributed by atoms with E-state index in [1.165, 1.54) is 64.2 Å². The Balaban J connectivity index is 2.14. The van der Waals surface area contributed by atoms with Crippen molar-refractivity contribution in [2.75, 3.05) is 0 Å². The molecular formula is C26H50OSn. The maximum atomic E-state index is 10.6. The van der Waals surface area contributed by atoms with Crippen molar-refractivity contribution >= 4 is 18.4 Å². The molecule has 0 amide bonds. The summed E-state index contributed by atoms with van der Waals surface area (Å²) in [6.07, 6.45) is 17.4. The first kappa shape index (κ1) is 24.8. The number of allylic oxidation sites excluding steroid dienone is 1. The topological polar surface area (TPSA) is 20.2 Å². The molecule has 0 aromatic carbocycles. The third-order valence-electron chi connectivity index (χ3n) is 8.64. The van der Waals surface area contributed by atoms with Crippen LogP contribution in [-0.4, -0.2) is 29.6 Å². The molecule has 5 atom stereocenters. The molecule has 1 nitrogen and oxygen atoms in total. The van der Waals surface area contributed by atoms with E-state index in [1.807, 2.05) is 0 Å². The molecule has 0 saturated heterocycles. The molecule has 0 aromatic heterocycles. The Kier molecular flexibility index (Phi) is 10.4. The number of rotatable bonds is 12. The zero-order valence-electron chi connectivity index (χ0n) is 19.8. The van der Waals surface area contributed by atoms with Gasteiger partial charge in [0.05, 0.1) is 0 Å². The Bertz CT molecular complexity index is 451. The third kappa shape index (κ3) is 6.02. The fraction of sp³-hybridized carbons (Fsp3) is 0.923. The van der Waals surface area contributed by atoms with Crippen molar-refractivity contribution in [3.05, 3.63) is 10.2 Å². The molecule has 0 aliphatic heterocycles. The number of aliphatic hydroxyl groups is 1. The van der Waals surface area contributed by atoms with Crippen LogP contribution in [0.25, 0.3) is 0 Å². The van der Waals surface area contributed by atoms with Crippen LogP contribution >= 0.6 is 0 Å². The van der Waals surface area contributed by atoms with Gasteiger partial charge in [-0.1, -0.05) is 0 Å². The molecule has 2 fully saturated rings. The first-order chi connectivity index (χ1) is 13.4. The van der Waals surface area contributed by atoms with Gasteiger partial charge in [0, 0.05) is 0 Å². The molecule has 2 rings (SSSR count). The molecule has 0 spiro atoms. The summed E-state index contributed by atoms with van der Waals surface area (Å²) in [5, 5.41) is 10.6. The van der Waals surface area contributed by atoms with E-state index in [0.29, 0.717) is 17.3 Å². The molecule has 2 aliphatic carbocycles. The van der Waals surface area contributed by atoms with Crippen LogP contribution in [0.15, 0.2) is 10.2 Å². The van der Waals surface area contributed by atoms with Crippen molar-refractivity contribution in [1.29, 1.82) is 0 Å². The van der Waals surface area contributed by atoms with E-state index in [9.17, 15) is 5.11 Å². The molecule has 2 saturated carbocycles. The number of hydrogen-bond donors (Lipinski definition) is 1. The summed E-state index contributed by atoms with van der Waals surface area (Å²) in [7, 11) is 0. The average molecular weight is 497 g/mol. The zero-order valence-corrected chi connectivity index (χ0v) is 22.7. The molecule has 0 unspecified atom stereocenters. The van der Waals surface area contributed by atoms with E-state index < -0.39 is 18.4 Å². The van der Waals surface area contributed by atoms with Crippen LogP contribution in [0.1, 0.15) is 105 Å². The second kappa shape index (κ2) is 11.8. The van der Waals surface area contributed by atoms with Gasteiger partial charge < -0.3 is 0 Å². The summed E-state index contributed by atoms with van der Waals surface area (Å²) in [5.41, 5.74) is 0.385. The standard InChI is InChI=1S/C14H23O.3C4H9.Sn/c1-4-10(2)11-7-8-12-13(15)6-5-9-14(11,12)3;3*1-3-4-2;/h1,4,10-13,15H,5-9H2,2-3H3;3*1,3-4H2,2H3;/t10-,11+,12-,13-,14+;;;;/m0..../s1. The van der Waals surface area contributed by atoms with Gasteiger partial charge >= 0.3 is 181 Å². The monoisotopic (exact) mass is 498 g/mol. The van der Waals surface area contributed by atoms with E-state index in [1.54, 1.807) is 13.3 Å². The zero-order chi connectivity index (χ0) is 20.6. The normalized spacial score (nSPS) is 32.0. The van der Waals surface area contributed by atoms with Crippen LogP contribution in [0, 0.1) is 23.2 Å². The van der Waals surface area contributed by atoms with Crippen molar-refractivity contribution in [1.82, 2.24) is 0 Å². The third-order valence-corrected chi connectivity index (χ3v) is 22.8. The summed E-state index contributed by atoms with van der Waals surface area (Å²) in [6, 6.07) is 0. The van der Waals surface area contributed by atoms with Gasteiger partial charge in [-0.2, -0.15) is 0 Å². The maximum absolute atomic E-state index is 10.6. The molecule has 28 heavy (non-hydrogen) atoms. The fourth-order valence-electron chi connectivity index (χ4n) is 6.75. The first-order valence-electron chi connectivity index (χ1n) is 12.8. The van der Waals surface area contributed by atoms with E-state index in [4.69, 9.17) is 0 Å². The van der Waals surface area contributed by atoms with Crippen molar-refractivity contribution < 1.29 is 5.11 Å². The van der Waals surface area contributed by atoms with E-state index in [0.717, 1.165) is 12.3 Å². The van der Waals surface area contributed by atoms with Crippen LogP contribution in [0.5, 0.6) is 0 Å². The molecule has 2 aliphatic rings. The summed E-state index contributed by atoms with van der Waals surface area (Å²) < 4.78 is 7.64. The predicted octanol–water partition coefficient (Wildman–Crippen LogP) is 8.14. The van der Waals surface area contributed by atoms with Crippen molar-refractivity contribution in [2.45, 2.75) is 125 Å². The molecule has 0 aromatic rings. The molecule has 164 valence electrons. The number of unbranched alkanes of at least 4 members (excludes halogenated alkanes) is 3. The van der Waals surface area contributed by atoms with Crippen LogP contribution in [0.4, 0.5) is 0 Å². The minimum atomic E-state index is -2.16. The average Bonchev–Trinajstić information content (AvgIpc) is 3.05. The van der Waals surface area contributed by atoms with Crippen LogP contribution in [-0.2, 0) is 0 Å².